The molecule has 0 aromatic heterocycles. The summed E-state index contributed by atoms with van der Waals surface area (Å²) in [5, 5.41) is 4.12. The van der Waals surface area contributed by atoms with Crippen LogP contribution in [-0.4, -0.2) is 16.2 Å². The molecule has 0 aliphatic heterocycles. The number of nitrogens with one attached hydrogen (secondary N) is 1. The van der Waals surface area contributed by atoms with Gasteiger partial charge in [-0.3, -0.25) is 0 Å². The Morgan fingerprint density at radius 1 is 1.27 bits per heavy atom. The number of rotatable bonds is 6. The van der Waals surface area contributed by atoms with Crippen molar-refractivity contribution in [3.63, 3.8) is 0 Å². The molecular weight excluding hydrogens is 242 g/mol. The van der Waals surface area contributed by atoms with Gasteiger partial charge in [0.2, 0.25) is 0 Å². The number of hydrogen-bond acceptors (Lipinski definition) is 1. The smallest absolute Gasteiger partial charge is 0.130 e. The fraction of sp³-hybridized carbons (Fsp3) is 0.857. The highest BCUT2D eigenvalue weighted by Crippen LogP contribution is 2.00. The molecule has 0 aliphatic carbocycles. The number of unbranched alkanes of at least 4 members (excludes halogenated alkanes) is 3. The van der Waals surface area contributed by atoms with E-state index in [2.05, 4.69) is 33.9 Å². The fourth-order valence-electron chi connectivity index (χ4n) is 0.768. The van der Waals surface area contributed by atoms with E-state index in [4.69, 9.17) is 12.2 Å². The molecule has 0 unspecified atom stereocenters. The Hall–Kier alpha value is 0.720. The molecule has 66 valence electrons. The Bertz CT molecular complexity index is 109. The molecule has 0 saturated heterocycles. The third-order valence-corrected chi connectivity index (χ3v) is 2.20. The Labute approximate surface area is 87.9 Å². The monoisotopic (exact) mass is 255 g/mol. The molecule has 0 fully saturated rings. The molecule has 0 heterocycles. The molecule has 0 amide bonds. The molecule has 11 heavy (non-hydrogen) atoms. The van der Waals surface area contributed by atoms with E-state index >= 15 is 0 Å². The quantitative estimate of drug-likeness (QED) is 0.328. The normalized spacial score (nSPS) is 9.64. The van der Waals surface area contributed by atoms with E-state index in [1.54, 1.807) is 0 Å². The molecule has 0 aromatic carbocycles. The highest BCUT2D eigenvalue weighted by atomic mass is 79.9. The molecule has 4 heteroatoms. The molecule has 1 nitrogen and oxygen atoms in total. The van der Waals surface area contributed by atoms with Crippen molar-refractivity contribution in [1.29, 1.82) is 0 Å². The van der Waals surface area contributed by atoms with Crippen LogP contribution in [0.4, 0.5) is 0 Å². The second-order valence-electron chi connectivity index (χ2n) is 2.34. The van der Waals surface area contributed by atoms with Gasteiger partial charge >= 0.3 is 0 Å². The van der Waals surface area contributed by atoms with Gasteiger partial charge in [-0.2, -0.15) is 0 Å². The summed E-state index contributed by atoms with van der Waals surface area (Å²) < 4.78 is 0.602. The standard InChI is InChI=1S/C7H14BrNS2/c8-5-3-1-2-4-6-9-7(10)11/h1-6H2,(H2,9,10,11). The van der Waals surface area contributed by atoms with E-state index in [1.807, 2.05) is 0 Å². The summed E-state index contributed by atoms with van der Waals surface area (Å²) in [6.45, 7) is 0.963. The SMILES string of the molecule is S=C(S)NCCCCCCBr. The largest absolute Gasteiger partial charge is 0.371 e. The number of hydrogen-bond donors (Lipinski definition) is 2. The van der Waals surface area contributed by atoms with Crippen molar-refractivity contribution >= 4 is 45.1 Å². The van der Waals surface area contributed by atoms with Gasteiger partial charge in [-0.1, -0.05) is 41.0 Å². The summed E-state index contributed by atoms with van der Waals surface area (Å²) in [4.78, 5) is 0. The Balaban J connectivity index is 2.85. The molecule has 0 aromatic rings. The van der Waals surface area contributed by atoms with Crippen LogP contribution in [0.3, 0.4) is 0 Å². The molecule has 0 rings (SSSR count). The summed E-state index contributed by atoms with van der Waals surface area (Å²) >= 11 is 12.1. The fourth-order valence-corrected chi connectivity index (χ4v) is 1.38. The molecule has 0 atom stereocenters. The van der Waals surface area contributed by atoms with Crippen LogP contribution in [0.1, 0.15) is 25.7 Å². The van der Waals surface area contributed by atoms with Gasteiger partial charge in [-0.05, 0) is 12.8 Å². The predicted molar refractivity (Wildman–Crippen MR) is 61.8 cm³/mol. The average molecular weight is 256 g/mol. The lowest BCUT2D eigenvalue weighted by molar-refractivity contribution is 0.661. The minimum Gasteiger partial charge on any atom is -0.371 e. The van der Waals surface area contributed by atoms with Crippen molar-refractivity contribution in [3.05, 3.63) is 0 Å². The zero-order chi connectivity index (χ0) is 8.53. The minimum absolute atomic E-state index is 0.602. The van der Waals surface area contributed by atoms with Crippen LogP contribution in [-0.2, 0) is 0 Å². The van der Waals surface area contributed by atoms with E-state index in [-0.39, 0.29) is 0 Å². The maximum absolute atomic E-state index is 4.74. The van der Waals surface area contributed by atoms with Crippen LogP contribution in [0, 0.1) is 0 Å². The number of alkyl halides is 1. The van der Waals surface area contributed by atoms with Crippen LogP contribution in [0.2, 0.25) is 0 Å². The van der Waals surface area contributed by atoms with Crippen LogP contribution < -0.4 is 5.32 Å². The Morgan fingerprint density at radius 2 is 1.91 bits per heavy atom. The van der Waals surface area contributed by atoms with Gasteiger partial charge in [0.05, 0.1) is 0 Å². The molecule has 0 spiro atoms. The predicted octanol–water partition coefficient (Wildman–Crippen LogP) is 2.75. The Kier molecular flexibility index (Phi) is 9.39. The average Bonchev–Trinajstić information content (AvgIpc) is 1.96. The lowest BCUT2D eigenvalue weighted by Gasteiger charge is -2.01. The maximum Gasteiger partial charge on any atom is 0.130 e. The van der Waals surface area contributed by atoms with Gasteiger partial charge in [-0.25, -0.2) is 0 Å². The highest BCUT2D eigenvalue weighted by molar-refractivity contribution is 9.09. The molecular formula is C7H14BrNS2. The van der Waals surface area contributed by atoms with Gasteiger partial charge in [0, 0.05) is 11.9 Å². The van der Waals surface area contributed by atoms with Crippen molar-refractivity contribution in [2.24, 2.45) is 0 Å². The van der Waals surface area contributed by atoms with Gasteiger partial charge in [0.25, 0.3) is 0 Å². The van der Waals surface area contributed by atoms with Crippen LogP contribution >= 0.6 is 40.8 Å². The summed E-state index contributed by atoms with van der Waals surface area (Å²) in [6, 6.07) is 0. The molecule has 0 saturated carbocycles. The van der Waals surface area contributed by atoms with E-state index in [9.17, 15) is 0 Å². The van der Waals surface area contributed by atoms with Gasteiger partial charge in [0.1, 0.15) is 4.32 Å². The first-order chi connectivity index (χ1) is 5.27. The van der Waals surface area contributed by atoms with Gasteiger partial charge in [0.15, 0.2) is 0 Å². The first-order valence-corrected chi connectivity index (χ1v) is 5.78. The summed E-state index contributed by atoms with van der Waals surface area (Å²) in [6.07, 6.45) is 5.03. The van der Waals surface area contributed by atoms with E-state index in [0.29, 0.717) is 4.32 Å². The second-order valence-corrected chi connectivity index (χ2v) is 4.29. The molecule has 0 radical (unpaired) electrons. The van der Waals surface area contributed by atoms with Crippen molar-refractivity contribution < 1.29 is 0 Å². The molecule has 0 bridgehead atoms. The zero-order valence-corrected chi connectivity index (χ0v) is 9.77. The van der Waals surface area contributed by atoms with Gasteiger partial charge in [-0.15, -0.1) is 12.6 Å². The summed E-state index contributed by atoms with van der Waals surface area (Å²) in [5.41, 5.74) is 0. The Morgan fingerprint density at radius 3 is 2.45 bits per heavy atom. The third-order valence-electron chi connectivity index (χ3n) is 1.34. The third kappa shape index (κ3) is 10.7. The number of halogens is 1. The highest BCUT2D eigenvalue weighted by Gasteiger charge is 1.89. The summed E-state index contributed by atoms with van der Waals surface area (Å²) in [5.74, 6) is 0. The zero-order valence-electron chi connectivity index (χ0n) is 6.48. The maximum atomic E-state index is 4.74. The van der Waals surface area contributed by atoms with E-state index in [0.717, 1.165) is 11.9 Å². The van der Waals surface area contributed by atoms with E-state index in [1.165, 1.54) is 25.7 Å². The number of thiocarbonyl (C=S) groups is 1. The van der Waals surface area contributed by atoms with Crippen molar-refractivity contribution in [3.8, 4) is 0 Å². The van der Waals surface area contributed by atoms with Crippen LogP contribution in [0.15, 0.2) is 0 Å². The second kappa shape index (κ2) is 8.81. The lowest BCUT2D eigenvalue weighted by Crippen LogP contribution is -2.17. The lowest BCUT2D eigenvalue weighted by atomic mass is 10.2. The molecule has 1 N–H and O–H groups in total. The topological polar surface area (TPSA) is 12.0 Å². The van der Waals surface area contributed by atoms with Crippen molar-refractivity contribution in [1.82, 2.24) is 5.32 Å². The summed E-state index contributed by atoms with van der Waals surface area (Å²) in [7, 11) is 0. The minimum atomic E-state index is 0.602. The van der Waals surface area contributed by atoms with Gasteiger partial charge < -0.3 is 5.32 Å². The first-order valence-electron chi connectivity index (χ1n) is 3.80. The van der Waals surface area contributed by atoms with Crippen molar-refractivity contribution in [2.45, 2.75) is 25.7 Å². The van der Waals surface area contributed by atoms with Crippen LogP contribution in [0.5, 0.6) is 0 Å². The van der Waals surface area contributed by atoms with E-state index < -0.39 is 0 Å². The first kappa shape index (κ1) is 11.7. The van der Waals surface area contributed by atoms with Crippen LogP contribution in [0.25, 0.3) is 0 Å². The molecule has 0 aliphatic rings. The van der Waals surface area contributed by atoms with Crippen molar-refractivity contribution in [2.75, 3.05) is 11.9 Å². The number of thiol groups is 1.